The summed E-state index contributed by atoms with van der Waals surface area (Å²) < 4.78 is 38.6. The van der Waals surface area contributed by atoms with E-state index < -0.39 is 24.0 Å². The minimum Gasteiger partial charge on any atom is -0.478 e. The van der Waals surface area contributed by atoms with Crippen molar-refractivity contribution >= 4 is 11.9 Å². The third-order valence-corrected chi connectivity index (χ3v) is 4.16. The molecule has 0 aliphatic carbocycles. The molecule has 1 unspecified atom stereocenters. The first-order valence-corrected chi connectivity index (χ1v) is 7.46. The molecule has 1 aromatic rings. The lowest BCUT2D eigenvalue weighted by Gasteiger charge is -2.34. The molecular formula is C16H18F3NO3. The van der Waals surface area contributed by atoms with Gasteiger partial charge in [-0.15, -0.1) is 0 Å². The molecule has 1 aliphatic rings. The lowest BCUT2D eigenvalue weighted by molar-refractivity contribution is -0.184. The van der Waals surface area contributed by atoms with Crippen LogP contribution in [0.15, 0.2) is 18.2 Å². The maximum absolute atomic E-state index is 12.9. The molecule has 23 heavy (non-hydrogen) atoms. The van der Waals surface area contributed by atoms with Gasteiger partial charge in [0.2, 0.25) is 0 Å². The van der Waals surface area contributed by atoms with Crippen LogP contribution in [-0.2, 0) is 6.42 Å². The van der Waals surface area contributed by atoms with Gasteiger partial charge in [0, 0.05) is 18.7 Å². The van der Waals surface area contributed by atoms with Crippen LogP contribution in [0.1, 0.15) is 46.0 Å². The van der Waals surface area contributed by atoms with Crippen LogP contribution in [-0.4, -0.2) is 41.1 Å². The Morgan fingerprint density at radius 3 is 2.52 bits per heavy atom. The molecule has 4 nitrogen and oxygen atoms in total. The van der Waals surface area contributed by atoms with Gasteiger partial charge in [-0.25, -0.2) is 4.79 Å². The summed E-state index contributed by atoms with van der Waals surface area (Å²) in [7, 11) is 0. The summed E-state index contributed by atoms with van der Waals surface area (Å²) in [4.78, 5) is 25.0. The van der Waals surface area contributed by atoms with Crippen LogP contribution in [0.3, 0.4) is 0 Å². The quantitative estimate of drug-likeness (QED) is 0.925. The van der Waals surface area contributed by atoms with Gasteiger partial charge in [-0.05, 0) is 37.0 Å². The lowest BCUT2D eigenvalue weighted by atomic mass is 9.94. The number of carbonyl (C=O) groups excluding carboxylic acids is 1. The maximum atomic E-state index is 12.9. The maximum Gasteiger partial charge on any atom is 0.393 e. The van der Waals surface area contributed by atoms with Gasteiger partial charge in [0.25, 0.3) is 5.91 Å². The number of halogens is 3. The van der Waals surface area contributed by atoms with Crippen molar-refractivity contribution in [1.29, 1.82) is 0 Å². The predicted molar refractivity (Wildman–Crippen MR) is 77.5 cm³/mol. The highest BCUT2D eigenvalue weighted by Gasteiger charge is 2.43. The average Bonchev–Trinajstić information content (AvgIpc) is 2.52. The highest BCUT2D eigenvalue weighted by Crippen LogP contribution is 2.33. The molecule has 1 amide bonds. The number of piperidine rings is 1. The summed E-state index contributed by atoms with van der Waals surface area (Å²) in [5.74, 6) is -3.20. The monoisotopic (exact) mass is 329 g/mol. The molecule has 2 rings (SSSR count). The standard InChI is InChI=1S/C16H18F3NO3/c1-2-11-12(6-3-7-13(11)15(22)23)14(21)20-8-4-5-10(9-20)16(17,18)19/h3,6-7,10H,2,4-5,8-9H2,1H3,(H,22,23). The number of nitrogens with zero attached hydrogens (tertiary/aromatic N) is 1. The number of benzene rings is 1. The number of carboxylic acids is 1. The summed E-state index contributed by atoms with van der Waals surface area (Å²) in [6.45, 7) is 1.60. The largest absolute Gasteiger partial charge is 0.478 e. The number of carboxylic acid groups (broad SMARTS) is 1. The van der Waals surface area contributed by atoms with Crippen molar-refractivity contribution in [3.05, 3.63) is 34.9 Å². The van der Waals surface area contributed by atoms with Gasteiger partial charge in [0.1, 0.15) is 0 Å². The van der Waals surface area contributed by atoms with Crippen molar-refractivity contribution in [2.45, 2.75) is 32.4 Å². The summed E-state index contributed by atoms with van der Waals surface area (Å²) in [6.07, 6.45) is -3.70. The average molecular weight is 329 g/mol. The van der Waals surface area contributed by atoms with Crippen LogP contribution in [0.25, 0.3) is 0 Å². The molecule has 126 valence electrons. The minimum absolute atomic E-state index is 0.0164. The molecule has 0 spiro atoms. The Balaban J connectivity index is 2.30. The fourth-order valence-corrected chi connectivity index (χ4v) is 2.97. The van der Waals surface area contributed by atoms with E-state index in [1.807, 2.05) is 0 Å². The fraction of sp³-hybridized carbons (Fsp3) is 0.500. The van der Waals surface area contributed by atoms with E-state index in [4.69, 9.17) is 0 Å². The normalized spacial score (nSPS) is 18.8. The van der Waals surface area contributed by atoms with Gasteiger partial charge >= 0.3 is 12.1 Å². The van der Waals surface area contributed by atoms with E-state index in [-0.39, 0.29) is 37.1 Å². The van der Waals surface area contributed by atoms with Crippen molar-refractivity contribution in [1.82, 2.24) is 4.90 Å². The van der Waals surface area contributed by atoms with Crippen LogP contribution < -0.4 is 0 Å². The van der Waals surface area contributed by atoms with Gasteiger partial charge < -0.3 is 10.0 Å². The molecule has 1 atom stereocenters. The second kappa shape index (κ2) is 6.60. The highest BCUT2D eigenvalue weighted by atomic mass is 19.4. The van der Waals surface area contributed by atoms with Crippen molar-refractivity contribution in [2.24, 2.45) is 5.92 Å². The number of alkyl halides is 3. The Hall–Kier alpha value is -2.05. The van der Waals surface area contributed by atoms with Crippen LogP contribution >= 0.6 is 0 Å². The van der Waals surface area contributed by atoms with Gasteiger partial charge in [0.05, 0.1) is 11.5 Å². The van der Waals surface area contributed by atoms with E-state index in [0.717, 1.165) is 0 Å². The number of likely N-dealkylation sites (tertiary alicyclic amines) is 1. The van der Waals surface area contributed by atoms with Crippen molar-refractivity contribution in [2.75, 3.05) is 13.1 Å². The summed E-state index contributed by atoms with van der Waals surface area (Å²) in [6, 6.07) is 4.32. The molecule has 1 saturated heterocycles. The van der Waals surface area contributed by atoms with Crippen LogP contribution in [0.4, 0.5) is 13.2 Å². The van der Waals surface area contributed by atoms with Crippen LogP contribution in [0, 0.1) is 5.92 Å². The fourth-order valence-electron chi connectivity index (χ4n) is 2.97. The number of hydrogen-bond donors (Lipinski definition) is 1. The second-order valence-corrected chi connectivity index (χ2v) is 5.62. The second-order valence-electron chi connectivity index (χ2n) is 5.62. The van der Waals surface area contributed by atoms with E-state index >= 15 is 0 Å². The topological polar surface area (TPSA) is 57.6 Å². The number of hydrogen-bond acceptors (Lipinski definition) is 2. The smallest absolute Gasteiger partial charge is 0.393 e. The first-order chi connectivity index (χ1) is 10.8. The Morgan fingerprint density at radius 1 is 1.30 bits per heavy atom. The zero-order valence-electron chi connectivity index (χ0n) is 12.7. The summed E-state index contributed by atoms with van der Waals surface area (Å²) in [5.41, 5.74) is 0.553. The van der Waals surface area contributed by atoms with Crippen molar-refractivity contribution < 1.29 is 27.9 Å². The first-order valence-electron chi connectivity index (χ1n) is 7.46. The molecule has 1 heterocycles. The van der Waals surface area contributed by atoms with E-state index in [9.17, 15) is 27.9 Å². The van der Waals surface area contributed by atoms with E-state index in [1.165, 1.54) is 23.1 Å². The molecule has 1 aromatic carbocycles. The first kappa shape index (κ1) is 17.3. The zero-order chi connectivity index (χ0) is 17.2. The lowest BCUT2D eigenvalue weighted by Crippen LogP contribution is -2.44. The molecule has 1 N–H and O–H groups in total. The number of amides is 1. The molecule has 0 aromatic heterocycles. The molecular weight excluding hydrogens is 311 g/mol. The Morgan fingerprint density at radius 2 is 1.96 bits per heavy atom. The molecule has 0 bridgehead atoms. The molecule has 0 radical (unpaired) electrons. The van der Waals surface area contributed by atoms with Gasteiger partial charge in [-0.2, -0.15) is 13.2 Å². The summed E-state index contributed by atoms with van der Waals surface area (Å²) >= 11 is 0. The van der Waals surface area contributed by atoms with Crippen molar-refractivity contribution in [3.8, 4) is 0 Å². The minimum atomic E-state index is -4.32. The van der Waals surface area contributed by atoms with Gasteiger partial charge in [0.15, 0.2) is 0 Å². The number of carbonyl (C=O) groups is 2. The van der Waals surface area contributed by atoms with E-state index in [1.54, 1.807) is 6.92 Å². The zero-order valence-corrected chi connectivity index (χ0v) is 12.7. The van der Waals surface area contributed by atoms with E-state index in [2.05, 4.69) is 0 Å². The molecule has 7 heteroatoms. The molecule has 0 saturated carbocycles. The third kappa shape index (κ3) is 3.65. The molecule has 1 fully saturated rings. The Bertz CT molecular complexity index is 613. The molecule has 1 aliphatic heterocycles. The van der Waals surface area contributed by atoms with Gasteiger partial charge in [-0.3, -0.25) is 4.79 Å². The summed E-state index contributed by atoms with van der Waals surface area (Å²) in [5, 5.41) is 9.19. The predicted octanol–water partition coefficient (Wildman–Crippen LogP) is 3.36. The van der Waals surface area contributed by atoms with Crippen LogP contribution in [0.5, 0.6) is 0 Å². The third-order valence-electron chi connectivity index (χ3n) is 4.16. The number of rotatable bonds is 3. The van der Waals surface area contributed by atoms with Crippen molar-refractivity contribution in [3.63, 3.8) is 0 Å². The highest BCUT2D eigenvalue weighted by molar-refractivity contribution is 6.00. The van der Waals surface area contributed by atoms with Crippen LogP contribution in [0.2, 0.25) is 0 Å². The Kier molecular flexibility index (Phi) is 4.97. The number of aromatic carboxylic acids is 1. The Labute approximate surface area is 131 Å². The SMILES string of the molecule is CCc1c(C(=O)O)cccc1C(=O)N1CCCC(C(F)(F)F)C1. The van der Waals surface area contributed by atoms with E-state index in [0.29, 0.717) is 12.0 Å². The van der Waals surface area contributed by atoms with Gasteiger partial charge in [-0.1, -0.05) is 13.0 Å².